The molecule has 6 rings (SSSR count). The highest BCUT2D eigenvalue weighted by molar-refractivity contribution is 5.85. The average molecular weight is 534 g/mol. The molecule has 1 atom stereocenters. The molecule has 3 aromatic carbocycles. The molecule has 204 valence electrons. The molecule has 1 fully saturated rings. The fourth-order valence-corrected chi connectivity index (χ4v) is 5.12. The first-order chi connectivity index (χ1) is 19.5. The Morgan fingerprint density at radius 1 is 0.800 bits per heavy atom. The molecule has 1 N–H and O–H groups in total. The van der Waals surface area contributed by atoms with Crippen molar-refractivity contribution < 1.29 is 9.15 Å². The van der Waals surface area contributed by atoms with Gasteiger partial charge in [-0.2, -0.15) is 4.98 Å². The lowest BCUT2D eigenvalue weighted by molar-refractivity contribution is 0.0187. The Hall–Kier alpha value is -4.07. The third-order valence-corrected chi connectivity index (χ3v) is 7.52. The molecule has 1 saturated heterocycles. The van der Waals surface area contributed by atoms with E-state index >= 15 is 0 Å². The van der Waals surface area contributed by atoms with E-state index in [9.17, 15) is 0 Å². The van der Waals surface area contributed by atoms with Crippen LogP contribution >= 0.6 is 0 Å². The second kappa shape index (κ2) is 11.6. The smallest absolute Gasteiger partial charge is 0.229 e. The zero-order chi connectivity index (χ0) is 27.5. The van der Waals surface area contributed by atoms with Crippen LogP contribution in [0.25, 0.3) is 34.1 Å². The molecular weight excluding hydrogens is 498 g/mol. The van der Waals surface area contributed by atoms with Gasteiger partial charge in [-0.15, -0.1) is 0 Å². The minimum absolute atomic E-state index is 0.148. The van der Waals surface area contributed by atoms with Crippen LogP contribution in [-0.2, 0) is 4.74 Å². The van der Waals surface area contributed by atoms with E-state index in [1.807, 2.05) is 42.5 Å². The Kier molecular flexibility index (Phi) is 7.58. The molecule has 0 amide bonds. The van der Waals surface area contributed by atoms with Crippen LogP contribution in [0.3, 0.4) is 0 Å². The lowest BCUT2D eigenvalue weighted by Gasteiger charge is -2.35. The van der Waals surface area contributed by atoms with Gasteiger partial charge < -0.3 is 14.5 Å². The molecule has 1 unspecified atom stereocenters. The summed E-state index contributed by atoms with van der Waals surface area (Å²) in [5.41, 5.74) is 6.74. The van der Waals surface area contributed by atoms with Gasteiger partial charge in [0.15, 0.2) is 11.6 Å². The van der Waals surface area contributed by atoms with Gasteiger partial charge in [-0.3, -0.25) is 4.90 Å². The summed E-state index contributed by atoms with van der Waals surface area (Å²) in [7, 11) is 0. The molecule has 40 heavy (non-hydrogen) atoms. The maximum absolute atomic E-state index is 6.29. The summed E-state index contributed by atoms with van der Waals surface area (Å²) in [5, 5.41) is 3.64. The summed E-state index contributed by atoms with van der Waals surface area (Å²) in [5.74, 6) is 2.29. The summed E-state index contributed by atoms with van der Waals surface area (Å²) < 4.78 is 12.0. The first kappa shape index (κ1) is 26.2. The summed E-state index contributed by atoms with van der Waals surface area (Å²) in [6.45, 7) is 10.4. The van der Waals surface area contributed by atoms with Crippen molar-refractivity contribution in [1.82, 2.24) is 19.9 Å². The van der Waals surface area contributed by atoms with Crippen molar-refractivity contribution in [3.8, 4) is 22.8 Å². The Morgan fingerprint density at radius 3 is 2.20 bits per heavy atom. The highest BCUT2D eigenvalue weighted by atomic mass is 16.5. The molecule has 3 heterocycles. The van der Waals surface area contributed by atoms with Crippen molar-refractivity contribution in [2.24, 2.45) is 0 Å². The Labute approximate surface area is 235 Å². The van der Waals surface area contributed by atoms with Crippen LogP contribution in [0.5, 0.6) is 0 Å². The first-order valence-electron chi connectivity index (χ1n) is 14.0. The highest BCUT2D eigenvalue weighted by Gasteiger charge is 2.24. The van der Waals surface area contributed by atoms with Gasteiger partial charge in [-0.1, -0.05) is 86.1 Å². The van der Waals surface area contributed by atoms with Gasteiger partial charge in [-0.25, -0.2) is 9.97 Å². The van der Waals surface area contributed by atoms with Gasteiger partial charge in [0, 0.05) is 30.8 Å². The van der Waals surface area contributed by atoms with Crippen molar-refractivity contribution in [2.75, 3.05) is 38.2 Å². The van der Waals surface area contributed by atoms with Gasteiger partial charge in [0.05, 0.1) is 19.3 Å². The molecule has 0 bridgehead atoms. The number of rotatable bonds is 8. The van der Waals surface area contributed by atoms with E-state index in [2.05, 4.69) is 67.4 Å². The van der Waals surface area contributed by atoms with E-state index in [1.165, 1.54) is 16.7 Å². The third kappa shape index (κ3) is 5.62. The fraction of sp³-hybridized carbons (Fsp3) is 0.303. The number of nitrogens with zero attached hydrogens (tertiary/aromatic N) is 4. The van der Waals surface area contributed by atoms with E-state index < -0.39 is 0 Å². The quantitative estimate of drug-likeness (QED) is 0.233. The lowest BCUT2D eigenvalue weighted by atomic mass is 9.98. The van der Waals surface area contributed by atoms with Gasteiger partial charge in [0.25, 0.3) is 0 Å². The van der Waals surface area contributed by atoms with E-state index in [0.717, 1.165) is 37.4 Å². The zero-order valence-electron chi connectivity index (χ0n) is 23.3. The van der Waals surface area contributed by atoms with Crippen molar-refractivity contribution in [1.29, 1.82) is 0 Å². The topological polar surface area (TPSA) is 76.3 Å². The van der Waals surface area contributed by atoms with Crippen molar-refractivity contribution in [3.05, 3.63) is 95.6 Å². The van der Waals surface area contributed by atoms with E-state index in [-0.39, 0.29) is 6.04 Å². The second-order valence-electron chi connectivity index (χ2n) is 10.7. The monoisotopic (exact) mass is 533 g/mol. The second-order valence-corrected chi connectivity index (χ2v) is 10.7. The minimum Gasteiger partial charge on any atom is -0.430 e. The summed E-state index contributed by atoms with van der Waals surface area (Å²) in [6, 6.07) is 27.3. The van der Waals surface area contributed by atoms with Crippen molar-refractivity contribution >= 4 is 17.0 Å². The number of aryl methyl sites for hydroxylation is 1. The molecule has 7 nitrogen and oxygen atoms in total. The van der Waals surface area contributed by atoms with E-state index in [0.29, 0.717) is 41.2 Å². The molecule has 1 aliphatic rings. The molecule has 0 saturated carbocycles. The molecule has 5 aromatic rings. The van der Waals surface area contributed by atoms with Crippen LogP contribution in [0.4, 0.5) is 5.82 Å². The Bertz CT molecular complexity index is 1560. The van der Waals surface area contributed by atoms with Gasteiger partial charge in [-0.05, 0) is 36.1 Å². The maximum atomic E-state index is 6.29. The number of hydrogen-bond acceptors (Lipinski definition) is 7. The molecule has 0 spiro atoms. The number of hydrogen-bond donors (Lipinski definition) is 1. The molecule has 0 radical (unpaired) electrons. The lowest BCUT2D eigenvalue weighted by Crippen LogP contribution is -2.41. The summed E-state index contributed by atoms with van der Waals surface area (Å²) >= 11 is 0. The minimum atomic E-state index is 0.148. The van der Waals surface area contributed by atoms with E-state index in [1.54, 1.807) is 0 Å². The van der Waals surface area contributed by atoms with Crippen LogP contribution in [0.2, 0.25) is 0 Å². The van der Waals surface area contributed by atoms with Crippen molar-refractivity contribution in [3.63, 3.8) is 0 Å². The van der Waals surface area contributed by atoms with Gasteiger partial charge in [0.2, 0.25) is 17.1 Å². The highest BCUT2D eigenvalue weighted by Crippen LogP contribution is 2.31. The predicted octanol–water partition coefficient (Wildman–Crippen LogP) is 6.87. The number of benzene rings is 3. The Morgan fingerprint density at radius 2 is 1.50 bits per heavy atom. The normalized spacial score (nSPS) is 15.0. The number of morpholine rings is 1. The number of fused-ring (bicyclic) bond motifs is 1. The standard InChI is InChI=1S/C33H35N5O2/c1-22(2)24-13-15-25(16-14-24)28(38-17-19-39-20-18-38)21-34-31-29-32(37-33(40-29)27-7-5-4-6-8-27)36-30(35-31)26-11-9-23(3)10-12-26/h4-16,22,28H,17-21H2,1-3H3,(H,34,35,36). The number of anilines is 1. The van der Waals surface area contributed by atoms with Gasteiger partial charge >= 0.3 is 0 Å². The number of aromatic nitrogens is 3. The van der Waals surface area contributed by atoms with Crippen LogP contribution in [0.15, 0.2) is 83.3 Å². The predicted molar refractivity (Wildman–Crippen MR) is 159 cm³/mol. The summed E-state index contributed by atoms with van der Waals surface area (Å²) in [6.07, 6.45) is 0. The molecular formula is C33H35N5O2. The summed E-state index contributed by atoms with van der Waals surface area (Å²) in [4.78, 5) is 17.0. The zero-order valence-corrected chi connectivity index (χ0v) is 23.3. The molecule has 7 heteroatoms. The third-order valence-electron chi connectivity index (χ3n) is 7.52. The number of oxazole rings is 1. The fourth-order valence-electron chi connectivity index (χ4n) is 5.12. The average Bonchev–Trinajstić information content (AvgIpc) is 3.43. The Balaban J connectivity index is 1.38. The van der Waals surface area contributed by atoms with E-state index in [4.69, 9.17) is 24.1 Å². The number of ether oxygens (including phenoxy) is 1. The largest absolute Gasteiger partial charge is 0.430 e. The van der Waals surface area contributed by atoms with Crippen LogP contribution in [0, 0.1) is 6.92 Å². The van der Waals surface area contributed by atoms with Crippen LogP contribution in [0.1, 0.15) is 42.5 Å². The molecule has 1 aliphatic heterocycles. The van der Waals surface area contributed by atoms with Gasteiger partial charge in [0.1, 0.15) is 0 Å². The molecule has 0 aliphatic carbocycles. The SMILES string of the molecule is Cc1ccc(-c2nc(NCC(c3ccc(C(C)C)cc3)N3CCOCC3)c3oc(-c4ccccc4)nc3n2)cc1. The van der Waals surface area contributed by atoms with Crippen LogP contribution < -0.4 is 5.32 Å². The van der Waals surface area contributed by atoms with Crippen molar-refractivity contribution in [2.45, 2.75) is 32.7 Å². The number of nitrogens with one attached hydrogen (secondary N) is 1. The van der Waals surface area contributed by atoms with Crippen LogP contribution in [-0.4, -0.2) is 52.7 Å². The first-order valence-corrected chi connectivity index (χ1v) is 14.0. The molecule has 2 aromatic heterocycles. The maximum Gasteiger partial charge on any atom is 0.229 e.